The van der Waals surface area contributed by atoms with E-state index in [4.69, 9.17) is 11.6 Å². The molecule has 0 amide bonds. The topological polar surface area (TPSA) is 42.3 Å². The molecule has 0 aliphatic rings. The second-order valence-electron chi connectivity index (χ2n) is 6.82. The summed E-state index contributed by atoms with van der Waals surface area (Å²) in [5.74, 6) is -0.101. The molecule has 6 heteroatoms. The highest BCUT2D eigenvalue weighted by atomic mass is 35.5. The summed E-state index contributed by atoms with van der Waals surface area (Å²) < 4.78 is 27.5. The smallest absolute Gasteiger partial charge is 0.196 e. The van der Waals surface area contributed by atoms with Gasteiger partial charge >= 0.3 is 0 Å². The van der Waals surface area contributed by atoms with Gasteiger partial charge < -0.3 is 9.47 Å². The van der Waals surface area contributed by atoms with Crippen LogP contribution in [0, 0.1) is 6.92 Å². The highest BCUT2D eigenvalue weighted by Gasteiger charge is 2.20. The van der Waals surface area contributed by atoms with Gasteiger partial charge in [0.15, 0.2) is 9.84 Å². The normalized spacial score (nSPS) is 12.2. The first-order chi connectivity index (χ1) is 12.3. The average Bonchev–Trinajstić information content (AvgIpc) is 2.96. The summed E-state index contributed by atoms with van der Waals surface area (Å²) in [6.07, 6.45) is 2.75. The van der Waals surface area contributed by atoms with Gasteiger partial charge in [0.1, 0.15) is 5.88 Å². The van der Waals surface area contributed by atoms with Crippen molar-refractivity contribution >= 4 is 32.3 Å². The van der Waals surface area contributed by atoms with Crippen molar-refractivity contribution in [3.8, 4) is 0 Å². The highest BCUT2D eigenvalue weighted by molar-refractivity contribution is 7.90. The molecule has 0 bridgehead atoms. The Balaban J connectivity index is 2.10. The van der Waals surface area contributed by atoms with Crippen LogP contribution in [0.3, 0.4) is 0 Å². The van der Waals surface area contributed by atoms with E-state index in [-0.39, 0.29) is 5.88 Å². The van der Waals surface area contributed by atoms with Crippen LogP contribution in [0.25, 0.3) is 10.9 Å². The fourth-order valence-corrected chi connectivity index (χ4v) is 4.75. The molecular formula is C20H23ClN2O2S. The van der Waals surface area contributed by atoms with E-state index in [1.54, 1.807) is 24.3 Å². The van der Waals surface area contributed by atoms with Crippen LogP contribution in [-0.4, -0.2) is 38.5 Å². The number of nitrogens with zero attached hydrogens (tertiary/aromatic N) is 2. The van der Waals surface area contributed by atoms with Gasteiger partial charge in [0, 0.05) is 18.1 Å². The lowest BCUT2D eigenvalue weighted by atomic mass is 10.1. The van der Waals surface area contributed by atoms with E-state index in [2.05, 4.69) is 4.90 Å². The van der Waals surface area contributed by atoms with Crippen molar-refractivity contribution in [2.24, 2.45) is 0 Å². The molecule has 0 fully saturated rings. The third kappa shape index (κ3) is 3.80. The zero-order chi connectivity index (χ0) is 18.9. The van der Waals surface area contributed by atoms with Gasteiger partial charge in [-0.2, -0.15) is 0 Å². The molecule has 0 saturated heterocycles. The predicted molar refractivity (Wildman–Crippen MR) is 108 cm³/mol. The van der Waals surface area contributed by atoms with Crippen LogP contribution < -0.4 is 0 Å². The van der Waals surface area contributed by atoms with Crippen LogP contribution >= 0.6 is 11.6 Å². The SMILES string of the molecule is Cc1ccc(Cl)c2c(CCN(C)C)cn(CS(=O)(=O)c3ccccc3)c12. The molecule has 3 aromatic rings. The number of fused-ring (bicyclic) bond motifs is 1. The standard InChI is InChI=1S/C20H23ClN2O2S/c1-15-9-10-18(21)19-16(11-12-22(2)3)13-23(20(15)19)14-26(24,25)17-7-5-4-6-8-17/h4-10,13H,11-12,14H2,1-3H3. The zero-order valence-electron chi connectivity index (χ0n) is 15.2. The van der Waals surface area contributed by atoms with Crippen molar-refractivity contribution < 1.29 is 8.42 Å². The highest BCUT2D eigenvalue weighted by Crippen LogP contribution is 2.32. The minimum Gasteiger partial charge on any atom is -0.332 e. The fraction of sp³-hybridized carbons (Fsp3) is 0.300. The van der Waals surface area contributed by atoms with Crippen LogP contribution in [-0.2, 0) is 22.1 Å². The maximum Gasteiger partial charge on any atom is 0.196 e. The van der Waals surface area contributed by atoms with Gasteiger partial charge in [-0.25, -0.2) is 8.42 Å². The van der Waals surface area contributed by atoms with Crippen LogP contribution in [0.2, 0.25) is 5.02 Å². The molecule has 1 aromatic heterocycles. The molecule has 4 nitrogen and oxygen atoms in total. The summed E-state index contributed by atoms with van der Waals surface area (Å²) in [4.78, 5) is 2.43. The van der Waals surface area contributed by atoms with E-state index < -0.39 is 9.84 Å². The summed E-state index contributed by atoms with van der Waals surface area (Å²) in [5, 5.41) is 1.62. The van der Waals surface area contributed by atoms with Gasteiger partial charge in [0.25, 0.3) is 0 Å². The monoisotopic (exact) mass is 390 g/mol. The van der Waals surface area contributed by atoms with Gasteiger partial charge in [-0.1, -0.05) is 35.9 Å². The molecule has 3 rings (SSSR count). The number of hydrogen-bond donors (Lipinski definition) is 0. The number of halogens is 1. The Bertz CT molecular complexity index is 1020. The number of aryl methyl sites for hydroxylation is 1. The molecule has 0 saturated carbocycles. The van der Waals surface area contributed by atoms with Gasteiger partial charge in [0.2, 0.25) is 0 Å². The number of hydrogen-bond acceptors (Lipinski definition) is 3. The third-order valence-electron chi connectivity index (χ3n) is 4.49. The lowest BCUT2D eigenvalue weighted by Gasteiger charge is -2.09. The molecular weight excluding hydrogens is 368 g/mol. The number of benzene rings is 2. The molecule has 0 aliphatic carbocycles. The van der Waals surface area contributed by atoms with Crippen LogP contribution in [0.15, 0.2) is 53.6 Å². The summed E-state index contributed by atoms with van der Waals surface area (Å²) >= 11 is 6.47. The van der Waals surface area contributed by atoms with Gasteiger partial charge in [0.05, 0.1) is 15.4 Å². The molecule has 0 spiro atoms. The first-order valence-corrected chi connectivity index (χ1v) is 10.5. The Labute approximate surface area is 159 Å². The Kier molecular flexibility index (Phi) is 5.42. The predicted octanol–water partition coefficient (Wildman–Crippen LogP) is 4.14. The summed E-state index contributed by atoms with van der Waals surface area (Å²) in [5.41, 5.74) is 2.99. The molecule has 0 aliphatic heterocycles. The molecule has 2 aromatic carbocycles. The third-order valence-corrected chi connectivity index (χ3v) is 6.41. The van der Waals surface area contributed by atoms with E-state index in [0.717, 1.165) is 35.0 Å². The molecule has 0 unspecified atom stereocenters. The maximum absolute atomic E-state index is 12.9. The van der Waals surface area contributed by atoms with E-state index in [0.29, 0.717) is 9.92 Å². The van der Waals surface area contributed by atoms with E-state index in [1.165, 1.54) is 0 Å². The number of likely N-dealkylation sites (N-methyl/N-ethyl adjacent to an activating group) is 1. The molecule has 26 heavy (non-hydrogen) atoms. The largest absolute Gasteiger partial charge is 0.332 e. The van der Waals surface area contributed by atoms with E-state index >= 15 is 0 Å². The van der Waals surface area contributed by atoms with E-state index in [1.807, 2.05) is 50.0 Å². The summed E-state index contributed by atoms with van der Waals surface area (Å²) in [7, 11) is 0.597. The number of sulfone groups is 1. The van der Waals surface area contributed by atoms with Crippen molar-refractivity contribution in [2.45, 2.75) is 24.1 Å². The van der Waals surface area contributed by atoms with Crippen LogP contribution in [0.5, 0.6) is 0 Å². The van der Waals surface area contributed by atoms with Gasteiger partial charge in [-0.3, -0.25) is 0 Å². The van der Waals surface area contributed by atoms with Gasteiger partial charge in [-0.15, -0.1) is 0 Å². The Morgan fingerprint density at radius 1 is 1.08 bits per heavy atom. The quantitative estimate of drug-likeness (QED) is 0.635. The van der Waals surface area contributed by atoms with E-state index in [9.17, 15) is 8.42 Å². The second kappa shape index (κ2) is 7.43. The zero-order valence-corrected chi connectivity index (χ0v) is 16.8. The molecule has 0 atom stereocenters. The fourth-order valence-electron chi connectivity index (χ4n) is 3.18. The molecule has 0 N–H and O–H groups in total. The summed E-state index contributed by atoms with van der Waals surface area (Å²) in [6.45, 7) is 2.86. The number of aromatic nitrogens is 1. The number of rotatable bonds is 6. The van der Waals surface area contributed by atoms with Gasteiger partial charge in [-0.05, 0) is 56.8 Å². The van der Waals surface area contributed by atoms with Crippen molar-refractivity contribution in [2.75, 3.05) is 20.6 Å². The second-order valence-corrected chi connectivity index (χ2v) is 9.19. The average molecular weight is 391 g/mol. The van der Waals surface area contributed by atoms with Crippen LogP contribution in [0.4, 0.5) is 0 Å². The first kappa shape index (κ1) is 19.0. The first-order valence-electron chi connectivity index (χ1n) is 8.49. The minimum absolute atomic E-state index is 0.101. The Hall–Kier alpha value is -1.82. The van der Waals surface area contributed by atoms with Crippen LogP contribution in [0.1, 0.15) is 11.1 Å². The molecule has 138 valence electrons. The Morgan fingerprint density at radius 2 is 1.77 bits per heavy atom. The van der Waals surface area contributed by atoms with Crippen molar-refractivity contribution in [1.29, 1.82) is 0 Å². The lowest BCUT2D eigenvalue weighted by Crippen LogP contribution is -2.15. The summed E-state index contributed by atoms with van der Waals surface area (Å²) in [6, 6.07) is 12.4. The lowest BCUT2D eigenvalue weighted by molar-refractivity contribution is 0.414. The molecule has 0 radical (unpaired) electrons. The van der Waals surface area contributed by atoms with Crippen molar-refractivity contribution in [1.82, 2.24) is 9.47 Å². The van der Waals surface area contributed by atoms with Crippen molar-refractivity contribution in [3.05, 3.63) is 64.8 Å². The Morgan fingerprint density at radius 3 is 2.42 bits per heavy atom. The molecule has 1 heterocycles. The van der Waals surface area contributed by atoms with Crippen molar-refractivity contribution in [3.63, 3.8) is 0 Å². The minimum atomic E-state index is -3.44. The maximum atomic E-state index is 12.9.